The molecule has 1 aromatic rings. The van der Waals surface area contributed by atoms with Crippen LogP contribution in [0.25, 0.3) is 0 Å². The zero-order chi connectivity index (χ0) is 15.3. The SMILES string of the molecule is CCCNc1ncccc1S(=O)(=O)NCC1CCOC1C. The van der Waals surface area contributed by atoms with Crippen molar-refractivity contribution in [3.05, 3.63) is 18.3 Å². The summed E-state index contributed by atoms with van der Waals surface area (Å²) in [6, 6.07) is 3.20. The highest BCUT2D eigenvalue weighted by molar-refractivity contribution is 7.89. The minimum atomic E-state index is -3.56. The summed E-state index contributed by atoms with van der Waals surface area (Å²) < 4.78 is 33.0. The summed E-state index contributed by atoms with van der Waals surface area (Å²) in [5.41, 5.74) is 0. The molecular weight excluding hydrogens is 290 g/mol. The van der Waals surface area contributed by atoms with Gasteiger partial charge in [-0.05, 0) is 31.9 Å². The first kappa shape index (κ1) is 16.2. The van der Waals surface area contributed by atoms with E-state index in [1.54, 1.807) is 18.3 Å². The van der Waals surface area contributed by atoms with E-state index in [2.05, 4.69) is 15.0 Å². The molecule has 6 nitrogen and oxygen atoms in total. The van der Waals surface area contributed by atoms with Crippen molar-refractivity contribution in [3.63, 3.8) is 0 Å². The van der Waals surface area contributed by atoms with Gasteiger partial charge in [-0.25, -0.2) is 18.1 Å². The number of nitrogens with zero attached hydrogens (tertiary/aromatic N) is 1. The fraction of sp³-hybridized carbons (Fsp3) is 0.643. The fourth-order valence-corrected chi connectivity index (χ4v) is 3.55. The Morgan fingerprint density at radius 3 is 2.95 bits per heavy atom. The first-order chi connectivity index (χ1) is 10.0. The Morgan fingerprint density at radius 1 is 1.48 bits per heavy atom. The van der Waals surface area contributed by atoms with Gasteiger partial charge in [0.25, 0.3) is 0 Å². The van der Waals surface area contributed by atoms with Gasteiger partial charge >= 0.3 is 0 Å². The van der Waals surface area contributed by atoms with Crippen LogP contribution >= 0.6 is 0 Å². The summed E-state index contributed by atoms with van der Waals surface area (Å²) >= 11 is 0. The van der Waals surface area contributed by atoms with Gasteiger partial charge in [0.1, 0.15) is 10.7 Å². The number of nitrogens with one attached hydrogen (secondary N) is 2. The van der Waals surface area contributed by atoms with E-state index < -0.39 is 10.0 Å². The van der Waals surface area contributed by atoms with Crippen molar-refractivity contribution < 1.29 is 13.2 Å². The molecule has 21 heavy (non-hydrogen) atoms. The second-order valence-electron chi connectivity index (χ2n) is 5.25. The molecule has 2 atom stereocenters. The second-order valence-corrected chi connectivity index (χ2v) is 6.99. The predicted molar refractivity (Wildman–Crippen MR) is 81.7 cm³/mol. The molecule has 7 heteroatoms. The van der Waals surface area contributed by atoms with E-state index in [-0.39, 0.29) is 16.9 Å². The number of sulfonamides is 1. The number of hydrogen-bond donors (Lipinski definition) is 2. The van der Waals surface area contributed by atoms with Gasteiger partial charge in [0.15, 0.2) is 0 Å². The molecule has 1 aromatic heterocycles. The average Bonchev–Trinajstić information content (AvgIpc) is 2.89. The van der Waals surface area contributed by atoms with Gasteiger partial charge in [-0.1, -0.05) is 6.92 Å². The molecule has 0 bridgehead atoms. The Hall–Kier alpha value is -1.18. The number of ether oxygens (including phenoxy) is 1. The van der Waals surface area contributed by atoms with E-state index in [9.17, 15) is 8.42 Å². The molecular formula is C14H23N3O3S. The van der Waals surface area contributed by atoms with Crippen LogP contribution in [0.4, 0.5) is 5.82 Å². The molecule has 0 aliphatic carbocycles. The van der Waals surface area contributed by atoms with Crippen LogP contribution in [0, 0.1) is 5.92 Å². The monoisotopic (exact) mass is 313 g/mol. The largest absolute Gasteiger partial charge is 0.378 e. The lowest BCUT2D eigenvalue weighted by atomic mass is 10.0. The molecule has 0 amide bonds. The van der Waals surface area contributed by atoms with Crippen LogP contribution in [-0.4, -0.2) is 39.2 Å². The standard InChI is InChI=1S/C14H23N3O3S/c1-3-7-15-14-13(5-4-8-16-14)21(18,19)17-10-12-6-9-20-11(12)2/h4-5,8,11-12,17H,3,6-7,9-10H2,1-2H3,(H,15,16). The molecule has 1 saturated heterocycles. The summed E-state index contributed by atoms with van der Waals surface area (Å²) in [5.74, 6) is 0.631. The van der Waals surface area contributed by atoms with Crippen LogP contribution in [0.5, 0.6) is 0 Å². The van der Waals surface area contributed by atoms with Crippen LogP contribution < -0.4 is 10.0 Å². The van der Waals surface area contributed by atoms with Crippen LogP contribution in [0.3, 0.4) is 0 Å². The molecule has 1 aliphatic rings. The highest BCUT2D eigenvalue weighted by Gasteiger charge is 2.27. The molecule has 118 valence electrons. The lowest BCUT2D eigenvalue weighted by Gasteiger charge is -2.16. The highest BCUT2D eigenvalue weighted by atomic mass is 32.2. The first-order valence-corrected chi connectivity index (χ1v) is 8.83. The number of hydrogen-bond acceptors (Lipinski definition) is 5. The van der Waals surface area contributed by atoms with Crippen LogP contribution in [0.2, 0.25) is 0 Å². The van der Waals surface area contributed by atoms with Crippen molar-refractivity contribution in [2.45, 2.75) is 37.7 Å². The maximum Gasteiger partial charge on any atom is 0.244 e. The maximum atomic E-state index is 12.4. The van der Waals surface area contributed by atoms with Crippen LogP contribution in [0.15, 0.2) is 23.2 Å². The van der Waals surface area contributed by atoms with E-state index in [4.69, 9.17) is 4.74 Å². The predicted octanol–water partition coefficient (Wildman–Crippen LogP) is 1.61. The van der Waals surface area contributed by atoms with Gasteiger partial charge < -0.3 is 10.1 Å². The third kappa shape index (κ3) is 4.15. The van der Waals surface area contributed by atoms with Crippen molar-refractivity contribution in [3.8, 4) is 0 Å². The van der Waals surface area contributed by atoms with Gasteiger partial charge in [0.2, 0.25) is 10.0 Å². The summed E-state index contributed by atoms with van der Waals surface area (Å²) in [6.07, 6.45) is 3.47. The molecule has 0 spiro atoms. The number of aromatic nitrogens is 1. The Balaban J connectivity index is 2.08. The molecule has 1 fully saturated rings. The quantitative estimate of drug-likeness (QED) is 0.799. The fourth-order valence-electron chi connectivity index (χ4n) is 2.32. The van der Waals surface area contributed by atoms with Crippen molar-refractivity contribution in [2.75, 3.05) is 25.0 Å². The average molecular weight is 313 g/mol. The smallest absolute Gasteiger partial charge is 0.244 e. The molecule has 1 aliphatic heterocycles. The normalized spacial score (nSPS) is 22.4. The van der Waals surface area contributed by atoms with E-state index in [0.717, 1.165) is 12.8 Å². The third-order valence-corrected chi connectivity index (χ3v) is 5.13. The maximum absolute atomic E-state index is 12.4. The van der Waals surface area contributed by atoms with Crippen molar-refractivity contribution in [1.29, 1.82) is 0 Å². The zero-order valence-corrected chi connectivity index (χ0v) is 13.3. The Bertz CT molecular complexity index is 562. The van der Waals surface area contributed by atoms with Crippen molar-refractivity contribution >= 4 is 15.8 Å². The molecule has 2 rings (SSSR count). The third-order valence-electron chi connectivity index (χ3n) is 3.67. The summed E-state index contributed by atoms with van der Waals surface area (Å²) in [7, 11) is -3.56. The molecule has 0 saturated carbocycles. The Morgan fingerprint density at radius 2 is 2.29 bits per heavy atom. The lowest BCUT2D eigenvalue weighted by molar-refractivity contribution is 0.107. The van der Waals surface area contributed by atoms with E-state index in [1.165, 1.54) is 0 Å². The minimum Gasteiger partial charge on any atom is -0.378 e. The molecule has 2 unspecified atom stereocenters. The van der Waals surface area contributed by atoms with Crippen molar-refractivity contribution in [1.82, 2.24) is 9.71 Å². The van der Waals surface area contributed by atoms with Gasteiger partial charge in [-0.2, -0.15) is 0 Å². The first-order valence-electron chi connectivity index (χ1n) is 7.34. The van der Waals surface area contributed by atoms with E-state index in [0.29, 0.717) is 25.5 Å². The van der Waals surface area contributed by atoms with Gasteiger partial charge in [-0.15, -0.1) is 0 Å². The topological polar surface area (TPSA) is 80.3 Å². The van der Waals surface area contributed by atoms with Gasteiger partial charge in [-0.3, -0.25) is 0 Å². The van der Waals surface area contributed by atoms with Gasteiger partial charge in [0, 0.05) is 31.8 Å². The number of pyridine rings is 1. The highest BCUT2D eigenvalue weighted by Crippen LogP contribution is 2.22. The van der Waals surface area contributed by atoms with E-state index >= 15 is 0 Å². The summed E-state index contributed by atoms with van der Waals surface area (Å²) in [5, 5.41) is 3.05. The summed E-state index contributed by atoms with van der Waals surface area (Å²) in [6.45, 7) is 5.77. The number of anilines is 1. The second kappa shape index (κ2) is 7.20. The van der Waals surface area contributed by atoms with Crippen molar-refractivity contribution in [2.24, 2.45) is 5.92 Å². The minimum absolute atomic E-state index is 0.0966. The summed E-state index contributed by atoms with van der Waals surface area (Å²) in [4.78, 5) is 4.32. The Kier molecular flexibility index (Phi) is 5.55. The molecule has 2 heterocycles. The van der Waals surface area contributed by atoms with Gasteiger partial charge in [0.05, 0.1) is 6.10 Å². The van der Waals surface area contributed by atoms with E-state index in [1.807, 2.05) is 13.8 Å². The molecule has 2 N–H and O–H groups in total. The van der Waals surface area contributed by atoms with Crippen LogP contribution in [-0.2, 0) is 14.8 Å². The Labute approximate surface area is 126 Å². The molecule has 0 radical (unpaired) electrons. The molecule has 0 aromatic carbocycles. The van der Waals surface area contributed by atoms with Crippen LogP contribution in [0.1, 0.15) is 26.7 Å². The number of rotatable bonds is 7. The lowest BCUT2D eigenvalue weighted by Crippen LogP contribution is -2.32. The zero-order valence-electron chi connectivity index (χ0n) is 12.5.